The van der Waals surface area contributed by atoms with Gasteiger partial charge in [0.15, 0.2) is 0 Å². The zero-order valence-corrected chi connectivity index (χ0v) is 8.52. The molecule has 0 saturated carbocycles. The molecule has 0 atom stereocenters. The van der Waals surface area contributed by atoms with Gasteiger partial charge in [0.2, 0.25) is 0 Å². The first-order valence-corrected chi connectivity index (χ1v) is 4.41. The van der Waals surface area contributed by atoms with Crippen LogP contribution in [0.5, 0.6) is 0 Å². The highest BCUT2D eigenvalue weighted by atomic mass is 35.5. The summed E-state index contributed by atoms with van der Waals surface area (Å²) in [5, 5.41) is 8.10. The van der Waals surface area contributed by atoms with Gasteiger partial charge in [-0.1, -0.05) is 23.4 Å². The van der Waals surface area contributed by atoms with E-state index < -0.39 is 11.7 Å². The van der Waals surface area contributed by atoms with Gasteiger partial charge in [-0.15, -0.1) is 0 Å². The van der Waals surface area contributed by atoms with E-state index in [1.54, 1.807) is 6.07 Å². The maximum absolute atomic E-state index is 12.3. The van der Waals surface area contributed by atoms with Crippen LogP contribution < -0.4 is 0 Å². The molecule has 0 spiro atoms. The average molecular weight is 245 g/mol. The van der Waals surface area contributed by atoms with Crippen LogP contribution in [0.2, 0.25) is 5.15 Å². The van der Waals surface area contributed by atoms with Gasteiger partial charge in [-0.05, 0) is 6.07 Å². The Labute approximate surface area is 94.7 Å². The minimum absolute atomic E-state index is 0.0354. The van der Waals surface area contributed by atoms with E-state index in [0.717, 1.165) is 6.07 Å². The van der Waals surface area contributed by atoms with E-state index in [9.17, 15) is 13.2 Å². The molecule has 0 aromatic carbocycles. The highest BCUT2D eigenvalue weighted by molar-refractivity contribution is 6.30. The first kappa shape index (κ1) is 12.4. The molecule has 1 aromatic heterocycles. The summed E-state index contributed by atoms with van der Waals surface area (Å²) < 4.78 is 36.9. The molecule has 0 bridgehead atoms. The molecule has 0 N–H and O–H groups in total. The van der Waals surface area contributed by atoms with Gasteiger partial charge in [0.05, 0.1) is 23.6 Å². The van der Waals surface area contributed by atoms with Gasteiger partial charge >= 0.3 is 6.18 Å². The van der Waals surface area contributed by atoms with Crippen LogP contribution in [0.3, 0.4) is 0 Å². The van der Waals surface area contributed by atoms with Crippen LogP contribution in [0.15, 0.2) is 12.3 Å². The van der Waals surface area contributed by atoms with E-state index in [-0.39, 0.29) is 17.1 Å². The molecule has 6 heteroatoms. The molecule has 1 aromatic rings. The van der Waals surface area contributed by atoms with Crippen LogP contribution >= 0.6 is 11.6 Å². The third-order valence-electron chi connectivity index (χ3n) is 1.56. The molecular formula is C10H4ClF3N2. The van der Waals surface area contributed by atoms with Gasteiger partial charge in [-0.25, -0.2) is 4.98 Å². The molecule has 0 fully saturated rings. The van der Waals surface area contributed by atoms with E-state index >= 15 is 0 Å². The third-order valence-corrected chi connectivity index (χ3v) is 1.86. The molecule has 1 heterocycles. The lowest BCUT2D eigenvalue weighted by Crippen LogP contribution is -2.06. The quantitative estimate of drug-likeness (QED) is 0.520. The molecule has 2 nitrogen and oxygen atoms in total. The molecule has 82 valence electrons. The number of rotatable bonds is 0. The van der Waals surface area contributed by atoms with E-state index in [4.69, 9.17) is 16.9 Å². The fourth-order valence-corrected chi connectivity index (χ4v) is 1.02. The Hall–Kier alpha value is -1.72. The molecule has 16 heavy (non-hydrogen) atoms. The van der Waals surface area contributed by atoms with Crippen LogP contribution in [0.25, 0.3) is 0 Å². The number of hydrogen-bond donors (Lipinski definition) is 0. The summed E-state index contributed by atoms with van der Waals surface area (Å²) in [6, 6.07) is 2.55. The SMILES string of the molecule is N#CCC#Cc1cc(C(F)(F)F)cnc1Cl. The Morgan fingerprint density at radius 2 is 2.12 bits per heavy atom. The number of aromatic nitrogens is 1. The van der Waals surface area contributed by atoms with Crippen LogP contribution in [-0.2, 0) is 6.18 Å². The van der Waals surface area contributed by atoms with Gasteiger partial charge < -0.3 is 0 Å². The maximum Gasteiger partial charge on any atom is 0.417 e. The molecular weight excluding hydrogens is 241 g/mol. The summed E-state index contributed by atoms with van der Waals surface area (Å²) in [4.78, 5) is 3.38. The van der Waals surface area contributed by atoms with Crippen molar-refractivity contribution in [2.45, 2.75) is 12.6 Å². The van der Waals surface area contributed by atoms with Crippen LogP contribution in [-0.4, -0.2) is 4.98 Å². The Morgan fingerprint density at radius 3 is 2.69 bits per heavy atom. The Morgan fingerprint density at radius 1 is 1.44 bits per heavy atom. The highest BCUT2D eigenvalue weighted by Gasteiger charge is 2.31. The normalized spacial score (nSPS) is 10.2. The van der Waals surface area contributed by atoms with Gasteiger partial charge in [0.1, 0.15) is 5.15 Å². The summed E-state index contributed by atoms with van der Waals surface area (Å²) in [6.45, 7) is 0. The van der Waals surface area contributed by atoms with E-state index in [0.29, 0.717) is 6.20 Å². The molecule has 1 rings (SSSR count). The second kappa shape index (κ2) is 4.87. The predicted octanol–water partition coefficient (Wildman–Crippen LogP) is 3.02. The first-order chi connectivity index (χ1) is 7.45. The number of nitriles is 1. The summed E-state index contributed by atoms with van der Waals surface area (Å²) in [5.74, 6) is 4.73. The minimum atomic E-state index is -4.48. The molecule has 0 aliphatic heterocycles. The van der Waals surface area contributed by atoms with Gasteiger partial charge in [-0.2, -0.15) is 18.4 Å². The standard InChI is InChI=1S/C10H4ClF3N2/c11-9-7(3-1-2-4-15)5-8(6-16-9)10(12,13)14/h5-6H,2H2. The van der Waals surface area contributed by atoms with E-state index in [2.05, 4.69) is 16.8 Å². The Kier molecular flexibility index (Phi) is 3.76. The average Bonchev–Trinajstić information content (AvgIpc) is 2.19. The van der Waals surface area contributed by atoms with Crippen molar-refractivity contribution in [3.63, 3.8) is 0 Å². The van der Waals surface area contributed by atoms with Crippen molar-refractivity contribution in [2.24, 2.45) is 0 Å². The van der Waals surface area contributed by atoms with Gasteiger partial charge in [0.25, 0.3) is 0 Å². The number of alkyl halides is 3. The topological polar surface area (TPSA) is 36.7 Å². The number of halogens is 4. The second-order valence-electron chi connectivity index (χ2n) is 2.70. The monoisotopic (exact) mass is 244 g/mol. The predicted molar refractivity (Wildman–Crippen MR) is 51.4 cm³/mol. The Bertz CT molecular complexity index is 492. The smallest absolute Gasteiger partial charge is 0.243 e. The van der Waals surface area contributed by atoms with Crippen LogP contribution in [0.1, 0.15) is 17.5 Å². The lowest BCUT2D eigenvalue weighted by atomic mass is 10.2. The number of pyridine rings is 1. The van der Waals surface area contributed by atoms with Crippen molar-refractivity contribution in [3.05, 3.63) is 28.5 Å². The van der Waals surface area contributed by atoms with Crippen molar-refractivity contribution < 1.29 is 13.2 Å². The molecule has 0 unspecified atom stereocenters. The molecule has 0 radical (unpaired) electrons. The fourth-order valence-electron chi connectivity index (χ4n) is 0.870. The zero-order chi connectivity index (χ0) is 12.2. The van der Waals surface area contributed by atoms with Crippen molar-refractivity contribution in [1.82, 2.24) is 4.98 Å². The molecule has 0 aliphatic rings. The number of nitrogens with zero attached hydrogens (tertiary/aromatic N) is 2. The lowest BCUT2D eigenvalue weighted by molar-refractivity contribution is -0.137. The van der Waals surface area contributed by atoms with Gasteiger partial charge in [0, 0.05) is 6.20 Å². The summed E-state index contributed by atoms with van der Waals surface area (Å²) in [5.41, 5.74) is -0.954. The van der Waals surface area contributed by atoms with Crippen molar-refractivity contribution in [2.75, 3.05) is 0 Å². The van der Waals surface area contributed by atoms with Crippen LogP contribution in [0.4, 0.5) is 13.2 Å². The summed E-state index contributed by atoms with van der Waals surface area (Å²) in [7, 11) is 0. The fraction of sp³-hybridized carbons (Fsp3) is 0.200. The van der Waals surface area contributed by atoms with Gasteiger partial charge in [-0.3, -0.25) is 0 Å². The second-order valence-corrected chi connectivity index (χ2v) is 3.05. The molecule has 0 amide bonds. The minimum Gasteiger partial charge on any atom is -0.243 e. The molecule has 0 saturated heterocycles. The first-order valence-electron chi connectivity index (χ1n) is 4.03. The third kappa shape index (κ3) is 3.15. The molecule has 0 aliphatic carbocycles. The highest BCUT2D eigenvalue weighted by Crippen LogP contribution is 2.30. The van der Waals surface area contributed by atoms with E-state index in [1.807, 2.05) is 0 Å². The van der Waals surface area contributed by atoms with Crippen LogP contribution in [0, 0.1) is 23.2 Å². The van der Waals surface area contributed by atoms with Crippen molar-refractivity contribution in [1.29, 1.82) is 5.26 Å². The summed E-state index contributed by atoms with van der Waals surface area (Å²) >= 11 is 5.56. The maximum atomic E-state index is 12.3. The number of hydrogen-bond acceptors (Lipinski definition) is 2. The zero-order valence-electron chi connectivity index (χ0n) is 7.77. The van der Waals surface area contributed by atoms with Crippen molar-refractivity contribution in [3.8, 4) is 17.9 Å². The van der Waals surface area contributed by atoms with Crippen molar-refractivity contribution >= 4 is 11.6 Å². The van der Waals surface area contributed by atoms with E-state index in [1.165, 1.54) is 0 Å². The lowest BCUT2D eigenvalue weighted by Gasteiger charge is -2.06. The largest absolute Gasteiger partial charge is 0.417 e. The summed E-state index contributed by atoms with van der Waals surface area (Å²) in [6.07, 6.45) is -3.92. The Balaban J connectivity index is 3.12.